The average Bonchev–Trinajstić information content (AvgIpc) is 2.91. The third-order valence-corrected chi connectivity index (χ3v) is 4.04. The van der Waals surface area contributed by atoms with Crippen molar-refractivity contribution in [1.82, 2.24) is 4.90 Å². The van der Waals surface area contributed by atoms with Crippen molar-refractivity contribution in [2.24, 2.45) is 5.73 Å². The lowest BCUT2D eigenvalue weighted by atomic mass is 10.2. The number of furan rings is 1. The lowest BCUT2D eigenvalue weighted by molar-refractivity contribution is 0.226. The van der Waals surface area contributed by atoms with Gasteiger partial charge in [-0.05, 0) is 25.2 Å². The second-order valence-corrected chi connectivity index (χ2v) is 5.29. The van der Waals surface area contributed by atoms with Crippen LogP contribution in [0, 0.1) is 0 Å². The highest BCUT2D eigenvalue weighted by atomic mass is 35.5. The summed E-state index contributed by atoms with van der Waals surface area (Å²) in [5.74, 6) is 0.939. The van der Waals surface area contributed by atoms with E-state index < -0.39 is 0 Å². The third kappa shape index (κ3) is 3.10. The molecule has 0 saturated heterocycles. The number of thiophene rings is 1. The zero-order valence-corrected chi connectivity index (χ0v) is 11.2. The highest BCUT2D eigenvalue weighted by Gasteiger charge is 2.18. The van der Waals surface area contributed by atoms with Crippen LogP contribution in [-0.4, -0.2) is 18.5 Å². The van der Waals surface area contributed by atoms with Crippen LogP contribution in [-0.2, 0) is 6.54 Å². The van der Waals surface area contributed by atoms with Gasteiger partial charge in [0.25, 0.3) is 0 Å². The minimum absolute atomic E-state index is 0.178. The number of hydrogen-bond donors (Lipinski definition) is 1. The molecule has 0 aliphatic rings. The van der Waals surface area contributed by atoms with Crippen LogP contribution in [0.1, 0.15) is 16.7 Å². The fourth-order valence-electron chi connectivity index (χ4n) is 1.77. The summed E-state index contributed by atoms with van der Waals surface area (Å²) < 4.78 is 5.33. The van der Waals surface area contributed by atoms with E-state index in [0.717, 1.165) is 17.3 Å². The van der Waals surface area contributed by atoms with Crippen LogP contribution < -0.4 is 5.73 Å². The summed E-state index contributed by atoms with van der Waals surface area (Å²) >= 11 is 7.58. The maximum atomic E-state index is 5.94. The van der Waals surface area contributed by atoms with Crippen molar-refractivity contribution in [3.8, 4) is 0 Å². The summed E-state index contributed by atoms with van der Waals surface area (Å²) in [5, 5.41) is 2.70. The van der Waals surface area contributed by atoms with Crippen molar-refractivity contribution in [3.05, 3.63) is 45.5 Å². The summed E-state index contributed by atoms with van der Waals surface area (Å²) in [7, 11) is 2.04. The maximum absolute atomic E-state index is 5.94. The molecule has 0 aromatic carbocycles. The predicted molar refractivity (Wildman–Crippen MR) is 71.3 cm³/mol. The SMILES string of the molecule is CN(Cc1ccco1)C(CN)c1cc(Cl)cs1. The fraction of sp³-hybridized carbons (Fsp3) is 0.333. The van der Waals surface area contributed by atoms with E-state index in [-0.39, 0.29) is 6.04 Å². The molecule has 2 heterocycles. The third-order valence-electron chi connectivity index (χ3n) is 2.66. The number of nitrogens with zero attached hydrogens (tertiary/aromatic N) is 1. The van der Waals surface area contributed by atoms with Crippen LogP contribution in [0.4, 0.5) is 0 Å². The first kappa shape index (κ1) is 12.6. The molecule has 0 saturated carbocycles. The van der Waals surface area contributed by atoms with Crippen molar-refractivity contribution in [3.63, 3.8) is 0 Å². The Hall–Kier alpha value is -0.810. The molecular weight excluding hydrogens is 256 g/mol. The Morgan fingerprint density at radius 2 is 2.41 bits per heavy atom. The molecule has 0 bridgehead atoms. The van der Waals surface area contributed by atoms with E-state index in [9.17, 15) is 0 Å². The first-order valence-electron chi connectivity index (χ1n) is 5.37. The van der Waals surface area contributed by atoms with E-state index in [2.05, 4.69) is 4.90 Å². The van der Waals surface area contributed by atoms with Gasteiger partial charge in [0.15, 0.2) is 0 Å². The van der Waals surface area contributed by atoms with Gasteiger partial charge in [-0.25, -0.2) is 0 Å². The summed E-state index contributed by atoms with van der Waals surface area (Å²) in [4.78, 5) is 3.35. The van der Waals surface area contributed by atoms with Gasteiger partial charge in [0.05, 0.1) is 23.9 Å². The molecule has 0 aliphatic carbocycles. The van der Waals surface area contributed by atoms with Crippen molar-refractivity contribution < 1.29 is 4.42 Å². The topological polar surface area (TPSA) is 42.4 Å². The van der Waals surface area contributed by atoms with E-state index >= 15 is 0 Å². The molecule has 2 aromatic rings. The molecule has 5 heteroatoms. The molecule has 1 atom stereocenters. The molecule has 0 radical (unpaired) electrons. The highest BCUT2D eigenvalue weighted by molar-refractivity contribution is 7.10. The summed E-state index contributed by atoms with van der Waals surface area (Å²) in [6.07, 6.45) is 1.68. The molecule has 2 aromatic heterocycles. The monoisotopic (exact) mass is 270 g/mol. The van der Waals surface area contributed by atoms with E-state index in [1.165, 1.54) is 4.88 Å². The van der Waals surface area contributed by atoms with Gasteiger partial charge in [-0.15, -0.1) is 11.3 Å². The second kappa shape index (κ2) is 5.69. The Balaban J connectivity index is 2.07. The fourth-order valence-corrected chi connectivity index (χ4v) is 3.04. The van der Waals surface area contributed by atoms with Gasteiger partial charge < -0.3 is 10.2 Å². The molecule has 0 aliphatic heterocycles. The van der Waals surface area contributed by atoms with Crippen LogP contribution >= 0.6 is 22.9 Å². The zero-order valence-electron chi connectivity index (χ0n) is 9.60. The molecule has 0 fully saturated rings. The highest BCUT2D eigenvalue weighted by Crippen LogP contribution is 2.28. The molecule has 0 spiro atoms. The molecular formula is C12H15ClN2OS. The minimum atomic E-state index is 0.178. The Kier molecular flexibility index (Phi) is 4.23. The number of nitrogens with two attached hydrogens (primary N) is 1. The van der Waals surface area contributed by atoms with Crippen molar-refractivity contribution in [2.45, 2.75) is 12.6 Å². The van der Waals surface area contributed by atoms with Crippen molar-refractivity contribution >= 4 is 22.9 Å². The molecule has 1 unspecified atom stereocenters. The van der Waals surface area contributed by atoms with E-state index in [0.29, 0.717) is 6.54 Å². The van der Waals surface area contributed by atoms with Gasteiger partial charge in [0.1, 0.15) is 5.76 Å². The van der Waals surface area contributed by atoms with Gasteiger partial charge in [-0.1, -0.05) is 11.6 Å². The lowest BCUT2D eigenvalue weighted by Crippen LogP contribution is -2.29. The quantitative estimate of drug-likeness (QED) is 0.908. The number of halogens is 1. The van der Waals surface area contributed by atoms with Crippen LogP contribution in [0.25, 0.3) is 0 Å². The second-order valence-electron chi connectivity index (χ2n) is 3.91. The van der Waals surface area contributed by atoms with E-state index in [4.69, 9.17) is 21.8 Å². The Bertz CT molecular complexity index is 455. The largest absolute Gasteiger partial charge is 0.468 e. The van der Waals surface area contributed by atoms with Crippen LogP contribution in [0.5, 0.6) is 0 Å². The van der Waals surface area contributed by atoms with Crippen molar-refractivity contribution in [1.29, 1.82) is 0 Å². The summed E-state index contributed by atoms with van der Waals surface area (Å²) in [5.41, 5.74) is 5.84. The maximum Gasteiger partial charge on any atom is 0.117 e. The average molecular weight is 271 g/mol. The van der Waals surface area contributed by atoms with Crippen LogP contribution in [0.2, 0.25) is 5.02 Å². The molecule has 3 nitrogen and oxygen atoms in total. The number of rotatable bonds is 5. The van der Waals surface area contributed by atoms with Crippen LogP contribution in [0.15, 0.2) is 34.3 Å². The minimum Gasteiger partial charge on any atom is -0.468 e. The van der Waals surface area contributed by atoms with Gasteiger partial charge in [0, 0.05) is 16.8 Å². The Labute approximate surface area is 110 Å². The predicted octanol–water partition coefficient (Wildman–Crippen LogP) is 3.13. The molecule has 17 heavy (non-hydrogen) atoms. The first-order chi connectivity index (χ1) is 8.20. The van der Waals surface area contributed by atoms with Crippen LogP contribution in [0.3, 0.4) is 0 Å². The molecule has 2 N–H and O–H groups in total. The standard InChI is InChI=1S/C12H15ClN2OS/c1-15(7-10-3-2-4-16-10)11(6-14)12-5-9(13)8-17-12/h2-5,8,11H,6-7,14H2,1H3. The van der Waals surface area contributed by atoms with E-state index in [1.807, 2.05) is 30.6 Å². The van der Waals surface area contributed by atoms with Crippen molar-refractivity contribution in [2.75, 3.05) is 13.6 Å². The normalized spacial score (nSPS) is 13.2. The number of likely N-dealkylation sites (N-methyl/N-ethyl adjacent to an activating group) is 1. The first-order valence-corrected chi connectivity index (χ1v) is 6.63. The number of hydrogen-bond acceptors (Lipinski definition) is 4. The molecule has 0 amide bonds. The summed E-state index contributed by atoms with van der Waals surface area (Å²) in [6.45, 7) is 1.30. The lowest BCUT2D eigenvalue weighted by Gasteiger charge is -2.25. The smallest absolute Gasteiger partial charge is 0.117 e. The van der Waals surface area contributed by atoms with E-state index in [1.54, 1.807) is 17.6 Å². The molecule has 92 valence electrons. The Morgan fingerprint density at radius 3 is 2.94 bits per heavy atom. The molecule has 2 rings (SSSR count). The zero-order chi connectivity index (χ0) is 12.3. The van der Waals surface area contributed by atoms with Gasteiger partial charge in [-0.3, -0.25) is 4.90 Å². The van der Waals surface area contributed by atoms with Gasteiger partial charge >= 0.3 is 0 Å². The summed E-state index contributed by atoms with van der Waals surface area (Å²) in [6, 6.07) is 6.01. The van der Waals surface area contributed by atoms with Gasteiger partial charge in [0.2, 0.25) is 0 Å². The van der Waals surface area contributed by atoms with Gasteiger partial charge in [-0.2, -0.15) is 0 Å². The Morgan fingerprint density at radius 1 is 1.59 bits per heavy atom.